The topological polar surface area (TPSA) is 84.9 Å². The smallest absolute Gasteiger partial charge is 0.416 e. The maximum absolute atomic E-state index is 12.9. The summed E-state index contributed by atoms with van der Waals surface area (Å²) in [6.45, 7) is 0. The van der Waals surface area contributed by atoms with E-state index in [0.29, 0.717) is 22.4 Å². The number of alkyl halides is 3. The van der Waals surface area contributed by atoms with E-state index < -0.39 is 11.7 Å². The Bertz CT molecular complexity index is 1460. The number of aromatic amines is 1. The quantitative estimate of drug-likeness (QED) is 0.281. The molecule has 0 saturated carbocycles. The van der Waals surface area contributed by atoms with Crippen molar-refractivity contribution in [3.05, 3.63) is 72.4 Å². The van der Waals surface area contributed by atoms with E-state index in [1.54, 1.807) is 25.4 Å². The summed E-state index contributed by atoms with van der Waals surface area (Å²) >= 11 is 1.34. The molecule has 0 bridgehead atoms. The second kappa shape index (κ2) is 8.67. The first-order valence-corrected chi connectivity index (χ1v) is 10.8. The van der Waals surface area contributed by atoms with Gasteiger partial charge >= 0.3 is 6.18 Å². The molecule has 2 N–H and O–H groups in total. The molecule has 0 amide bonds. The largest absolute Gasteiger partial charge is 0.497 e. The van der Waals surface area contributed by atoms with E-state index in [-0.39, 0.29) is 11.6 Å². The normalized spacial score (nSPS) is 11.5. The van der Waals surface area contributed by atoms with Crippen LogP contribution >= 0.6 is 11.3 Å². The SMILES string of the molecule is COc1ccc2nccc(Oc3ccc(-c4nnc(Nc5cccc(C(F)(F)F)c5)[nH]4)s3)c2c1. The van der Waals surface area contributed by atoms with Crippen LogP contribution in [0.3, 0.4) is 0 Å². The molecule has 0 atom stereocenters. The van der Waals surface area contributed by atoms with Crippen molar-refractivity contribution in [1.29, 1.82) is 0 Å². The molecular weight excluding hydrogens is 467 g/mol. The Balaban J connectivity index is 1.34. The third-order valence-electron chi connectivity index (χ3n) is 4.87. The number of hydrogen-bond acceptors (Lipinski definition) is 7. The number of halogens is 3. The Hall–Kier alpha value is -4.12. The molecular formula is C23H16F3N5O2S. The Labute approximate surface area is 195 Å². The molecule has 11 heteroatoms. The van der Waals surface area contributed by atoms with Gasteiger partial charge in [0.25, 0.3) is 0 Å². The fourth-order valence-corrected chi connectivity index (χ4v) is 4.07. The number of pyridine rings is 1. The molecule has 0 unspecified atom stereocenters. The summed E-state index contributed by atoms with van der Waals surface area (Å²) in [5.74, 6) is 1.99. The van der Waals surface area contributed by atoms with Crippen LogP contribution in [0, 0.1) is 0 Å². The summed E-state index contributed by atoms with van der Waals surface area (Å²) in [7, 11) is 1.59. The molecule has 172 valence electrons. The lowest BCUT2D eigenvalue weighted by Gasteiger charge is -2.08. The highest BCUT2D eigenvalue weighted by atomic mass is 32.1. The Kier molecular flexibility index (Phi) is 5.54. The minimum absolute atomic E-state index is 0.220. The number of rotatable bonds is 6. The first-order valence-electron chi connectivity index (χ1n) is 9.97. The van der Waals surface area contributed by atoms with Crippen LogP contribution in [0.1, 0.15) is 5.56 Å². The van der Waals surface area contributed by atoms with Crippen LogP contribution in [-0.4, -0.2) is 27.3 Å². The van der Waals surface area contributed by atoms with Crippen LogP contribution in [-0.2, 0) is 6.18 Å². The van der Waals surface area contributed by atoms with E-state index in [9.17, 15) is 13.2 Å². The number of nitrogens with zero attached hydrogens (tertiary/aromatic N) is 3. The van der Waals surface area contributed by atoms with Gasteiger partial charge < -0.3 is 19.8 Å². The summed E-state index contributed by atoms with van der Waals surface area (Å²) in [4.78, 5) is 8.06. The fourth-order valence-electron chi connectivity index (χ4n) is 3.27. The molecule has 0 aliphatic rings. The van der Waals surface area contributed by atoms with E-state index in [1.807, 2.05) is 24.3 Å². The molecule has 5 rings (SSSR count). The van der Waals surface area contributed by atoms with Crippen molar-refractivity contribution in [3.8, 4) is 27.3 Å². The number of aromatic nitrogens is 4. The van der Waals surface area contributed by atoms with Crippen LogP contribution < -0.4 is 14.8 Å². The van der Waals surface area contributed by atoms with Gasteiger partial charge in [0.2, 0.25) is 5.95 Å². The van der Waals surface area contributed by atoms with Crippen molar-refractivity contribution >= 4 is 33.9 Å². The molecule has 0 fully saturated rings. The van der Waals surface area contributed by atoms with Crippen LogP contribution in [0.2, 0.25) is 0 Å². The second-order valence-electron chi connectivity index (χ2n) is 7.14. The van der Waals surface area contributed by atoms with Crippen LogP contribution in [0.25, 0.3) is 21.6 Å². The summed E-state index contributed by atoms with van der Waals surface area (Å²) in [5.41, 5.74) is 0.266. The number of benzene rings is 2. The van der Waals surface area contributed by atoms with E-state index in [1.165, 1.54) is 23.5 Å². The number of ether oxygens (including phenoxy) is 2. The Morgan fingerprint density at radius 2 is 1.88 bits per heavy atom. The van der Waals surface area contributed by atoms with E-state index in [0.717, 1.165) is 27.9 Å². The van der Waals surface area contributed by atoms with Gasteiger partial charge in [-0.2, -0.15) is 13.2 Å². The highest BCUT2D eigenvalue weighted by molar-refractivity contribution is 7.17. The predicted octanol–water partition coefficient (Wildman–Crippen LogP) is 6.64. The minimum Gasteiger partial charge on any atom is -0.497 e. The van der Waals surface area contributed by atoms with Crippen molar-refractivity contribution in [3.63, 3.8) is 0 Å². The Morgan fingerprint density at radius 1 is 1.00 bits per heavy atom. The number of hydrogen-bond donors (Lipinski definition) is 2. The van der Waals surface area contributed by atoms with Crippen LogP contribution in [0.5, 0.6) is 16.6 Å². The molecule has 3 aromatic heterocycles. The number of fused-ring (bicyclic) bond motifs is 1. The second-order valence-corrected chi connectivity index (χ2v) is 8.19. The third-order valence-corrected chi connectivity index (χ3v) is 5.84. The van der Waals surface area contributed by atoms with Crippen molar-refractivity contribution < 1.29 is 22.6 Å². The van der Waals surface area contributed by atoms with Gasteiger partial charge in [0, 0.05) is 17.3 Å². The highest BCUT2D eigenvalue weighted by Gasteiger charge is 2.30. The summed E-state index contributed by atoms with van der Waals surface area (Å²) in [6.07, 6.45) is -2.76. The molecule has 0 aliphatic heterocycles. The van der Waals surface area contributed by atoms with Gasteiger partial charge in [-0.15, -0.1) is 10.2 Å². The predicted molar refractivity (Wildman–Crippen MR) is 123 cm³/mol. The van der Waals surface area contributed by atoms with Gasteiger partial charge in [-0.25, -0.2) is 0 Å². The molecule has 0 aliphatic carbocycles. The van der Waals surface area contributed by atoms with Gasteiger partial charge in [0.05, 0.1) is 23.1 Å². The van der Waals surface area contributed by atoms with Gasteiger partial charge in [-0.3, -0.25) is 4.98 Å². The molecule has 7 nitrogen and oxygen atoms in total. The third kappa shape index (κ3) is 4.50. The summed E-state index contributed by atoms with van der Waals surface area (Å²) in [6, 6.07) is 15.8. The average molecular weight is 483 g/mol. The van der Waals surface area contributed by atoms with E-state index >= 15 is 0 Å². The maximum atomic E-state index is 12.9. The van der Waals surface area contributed by atoms with Gasteiger partial charge in [0.15, 0.2) is 10.9 Å². The molecule has 3 heterocycles. The molecule has 34 heavy (non-hydrogen) atoms. The fraction of sp³-hybridized carbons (Fsp3) is 0.0870. The summed E-state index contributed by atoms with van der Waals surface area (Å²) in [5, 5.41) is 12.3. The molecule has 0 radical (unpaired) electrons. The number of thiophene rings is 1. The molecule has 0 saturated heterocycles. The maximum Gasteiger partial charge on any atom is 0.416 e. The minimum atomic E-state index is -4.43. The van der Waals surface area contributed by atoms with Gasteiger partial charge in [-0.1, -0.05) is 17.4 Å². The van der Waals surface area contributed by atoms with Crippen LogP contribution in [0.15, 0.2) is 66.9 Å². The molecule has 2 aromatic carbocycles. The molecule has 0 spiro atoms. The molecule has 5 aromatic rings. The summed E-state index contributed by atoms with van der Waals surface area (Å²) < 4.78 is 50.2. The van der Waals surface area contributed by atoms with Gasteiger partial charge in [0.1, 0.15) is 11.5 Å². The zero-order chi connectivity index (χ0) is 23.7. The van der Waals surface area contributed by atoms with Crippen molar-refractivity contribution in [2.45, 2.75) is 6.18 Å². The lowest BCUT2D eigenvalue weighted by Crippen LogP contribution is -2.05. The standard InChI is InChI=1S/C23H16F3N5O2S/c1-32-15-5-6-17-16(12-15)18(9-10-27-17)33-20-8-7-19(34-20)21-29-22(31-30-21)28-14-4-2-3-13(11-14)23(24,25)26/h2-12H,1H3,(H2,28,29,30,31). The zero-order valence-corrected chi connectivity index (χ0v) is 18.4. The lowest BCUT2D eigenvalue weighted by molar-refractivity contribution is -0.137. The first-order chi connectivity index (χ1) is 16.4. The van der Waals surface area contributed by atoms with Crippen molar-refractivity contribution in [1.82, 2.24) is 20.2 Å². The van der Waals surface area contributed by atoms with Gasteiger partial charge in [-0.05, 0) is 54.6 Å². The van der Waals surface area contributed by atoms with Crippen molar-refractivity contribution in [2.75, 3.05) is 12.4 Å². The number of H-pyrrole nitrogens is 1. The number of methoxy groups -OCH3 is 1. The van der Waals surface area contributed by atoms with Crippen molar-refractivity contribution in [2.24, 2.45) is 0 Å². The zero-order valence-electron chi connectivity index (χ0n) is 17.6. The van der Waals surface area contributed by atoms with E-state index in [4.69, 9.17) is 9.47 Å². The monoisotopic (exact) mass is 483 g/mol. The highest BCUT2D eigenvalue weighted by Crippen LogP contribution is 2.37. The average Bonchev–Trinajstić information content (AvgIpc) is 3.48. The lowest BCUT2D eigenvalue weighted by atomic mass is 10.2. The number of nitrogens with one attached hydrogen (secondary N) is 2. The van der Waals surface area contributed by atoms with E-state index in [2.05, 4.69) is 25.5 Å². The number of anilines is 2. The first kappa shape index (κ1) is 21.7. The Morgan fingerprint density at radius 3 is 2.71 bits per heavy atom. The van der Waals surface area contributed by atoms with Crippen LogP contribution in [0.4, 0.5) is 24.8 Å².